The number of likely N-dealkylation sites (tertiary alicyclic amines) is 1. The third kappa shape index (κ3) is 3.24. The highest BCUT2D eigenvalue weighted by Gasteiger charge is 2.40. The molecule has 0 aromatic heterocycles. The number of aliphatic carboxylic acids is 1. The zero-order chi connectivity index (χ0) is 15.7. The first kappa shape index (κ1) is 16.3. The number of methoxy groups -OCH3 is 1. The van der Waals surface area contributed by atoms with Gasteiger partial charge < -0.3 is 19.8 Å². The summed E-state index contributed by atoms with van der Waals surface area (Å²) in [5.41, 5.74) is 0.184. The molecular formula is C13H13ClINO5. The Kier molecular flexibility index (Phi) is 4.95. The second-order valence-corrected chi connectivity index (χ2v) is 6.24. The number of halogens is 2. The van der Waals surface area contributed by atoms with E-state index in [1.165, 1.54) is 13.2 Å². The monoisotopic (exact) mass is 425 g/mol. The molecule has 1 aliphatic heterocycles. The van der Waals surface area contributed by atoms with Gasteiger partial charge in [0.15, 0.2) is 0 Å². The number of benzene rings is 1. The van der Waals surface area contributed by atoms with E-state index < -0.39 is 24.0 Å². The molecule has 1 aromatic carbocycles. The Morgan fingerprint density at radius 2 is 2.14 bits per heavy atom. The van der Waals surface area contributed by atoms with E-state index in [0.717, 1.165) is 8.47 Å². The normalized spacial score (nSPS) is 21.4. The number of nitrogens with zero attached hydrogens (tertiary/aromatic N) is 1. The van der Waals surface area contributed by atoms with E-state index >= 15 is 0 Å². The summed E-state index contributed by atoms with van der Waals surface area (Å²) in [6.45, 7) is -0.0252. The van der Waals surface area contributed by atoms with Crippen LogP contribution in [0.15, 0.2) is 12.1 Å². The van der Waals surface area contributed by atoms with Crippen molar-refractivity contribution in [3.05, 3.63) is 26.3 Å². The molecule has 1 aromatic rings. The Labute approximate surface area is 139 Å². The standard InChI is InChI=1S/C13H13ClINO5/c1-21-11-4-9(15)8(14)3-7(11)12(18)16-5-6(17)2-10(16)13(19)20/h3-4,6,10,17H,2,5H2,1H3,(H,19,20). The van der Waals surface area contributed by atoms with Gasteiger partial charge in [-0.05, 0) is 34.7 Å². The van der Waals surface area contributed by atoms with Crippen molar-refractivity contribution in [3.8, 4) is 5.75 Å². The summed E-state index contributed by atoms with van der Waals surface area (Å²) < 4.78 is 5.88. The summed E-state index contributed by atoms with van der Waals surface area (Å²) in [6, 6.07) is 2.02. The number of hydrogen-bond acceptors (Lipinski definition) is 4. The molecule has 114 valence electrons. The van der Waals surface area contributed by atoms with Crippen LogP contribution in [0.3, 0.4) is 0 Å². The topological polar surface area (TPSA) is 87.1 Å². The number of carbonyl (C=O) groups excluding carboxylic acids is 1. The van der Waals surface area contributed by atoms with Gasteiger partial charge in [0.2, 0.25) is 0 Å². The molecule has 1 heterocycles. The third-order valence-electron chi connectivity index (χ3n) is 3.30. The van der Waals surface area contributed by atoms with Crippen LogP contribution in [0.5, 0.6) is 5.75 Å². The number of carboxylic acid groups (broad SMARTS) is 1. The van der Waals surface area contributed by atoms with Crippen LogP contribution >= 0.6 is 34.2 Å². The van der Waals surface area contributed by atoms with Gasteiger partial charge >= 0.3 is 5.97 Å². The zero-order valence-corrected chi connectivity index (χ0v) is 14.0. The molecule has 1 fully saturated rings. The van der Waals surface area contributed by atoms with Crippen LogP contribution in [0.2, 0.25) is 5.02 Å². The summed E-state index contributed by atoms with van der Waals surface area (Å²) >= 11 is 8.03. The number of aliphatic hydroxyl groups excluding tert-OH is 1. The van der Waals surface area contributed by atoms with Gasteiger partial charge in [-0.1, -0.05) is 11.6 Å². The predicted octanol–water partition coefficient (Wildman–Crippen LogP) is 1.61. The van der Waals surface area contributed by atoms with Gasteiger partial charge in [-0.2, -0.15) is 0 Å². The summed E-state index contributed by atoms with van der Waals surface area (Å²) in [7, 11) is 1.42. The summed E-state index contributed by atoms with van der Waals surface area (Å²) in [6.07, 6.45) is -0.832. The van der Waals surface area contributed by atoms with Crippen molar-refractivity contribution in [1.82, 2.24) is 4.90 Å². The lowest BCUT2D eigenvalue weighted by molar-refractivity contribution is -0.141. The smallest absolute Gasteiger partial charge is 0.326 e. The minimum atomic E-state index is -1.14. The van der Waals surface area contributed by atoms with Gasteiger partial charge in [-0.15, -0.1) is 0 Å². The molecule has 0 aliphatic carbocycles. The molecule has 0 spiro atoms. The van der Waals surface area contributed by atoms with Gasteiger partial charge in [0.05, 0.1) is 23.8 Å². The quantitative estimate of drug-likeness (QED) is 0.719. The van der Waals surface area contributed by atoms with Gasteiger partial charge in [0.25, 0.3) is 5.91 Å². The number of amides is 1. The number of carboxylic acids is 1. The highest BCUT2D eigenvalue weighted by atomic mass is 127. The van der Waals surface area contributed by atoms with Gasteiger partial charge in [-0.3, -0.25) is 4.79 Å². The van der Waals surface area contributed by atoms with Crippen LogP contribution in [0.1, 0.15) is 16.8 Å². The van der Waals surface area contributed by atoms with Crippen LogP contribution in [0.4, 0.5) is 0 Å². The molecule has 2 unspecified atom stereocenters. The highest BCUT2D eigenvalue weighted by Crippen LogP contribution is 2.31. The zero-order valence-electron chi connectivity index (χ0n) is 11.0. The van der Waals surface area contributed by atoms with Crippen molar-refractivity contribution in [2.75, 3.05) is 13.7 Å². The molecule has 1 saturated heterocycles. The number of rotatable bonds is 3. The first-order chi connectivity index (χ1) is 9.85. The van der Waals surface area contributed by atoms with Gasteiger partial charge in [-0.25, -0.2) is 4.79 Å². The largest absolute Gasteiger partial charge is 0.496 e. The van der Waals surface area contributed by atoms with Gasteiger partial charge in [0, 0.05) is 16.5 Å². The molecule has 8 heteroatoms. The Bertz CT molecular complexity index is 594. The van der Waals surface area contributed by atoms with E-state index in [0.29, 0.717) is 10.8 Å². The van der Waals surface area contributed by atoms with Crippen molar-refractivity contribution < 1.29 is 24.5 Å². The fourth-order valence-corrected chi connectivity index (χ4v) is 2.89. The van der Waals surface area contributed by atoms with E-state index in [2.05, 4.69) is 0 Å². The average molecular weight is 426 g/mol. The summed E-state index contributed by atoms with van der Waals surface area (Å²) in [5.74, 6) is -1.34. The Balaban J connectivity index is 2.40. The van der Waals surface area contributed by atoms with Crippen molar-refractivity contribution in [2.45, 2.75) is 18.6 Å². The molecular weight excluding hydrogens is 413 g/mol. The SMILES string of the molecule is COc1cc(I)c(Cl)cc1C(=O)N1CC(O)CC1C(=O)O. The lowest BCUT2D eigenvalue weighted by atomic mass is 10.1. The molecule has 1 aliphatic rings. The minimum absolute atomic E-state index is 0.0154. The van der Waals surface area contributed by atoms with Crippen LogP contribution in [-0.4, -0.2) is 52.8 Å². The van der Waals surface area contributed by atoms with E-state index in [-0.39, 0.29) is 18.5 Å². The Morgan fingerprint density at radius 3 is 2.71 bits per heavy atom. The molecule has 2 N–H and O–H groups in total. The van der Waals surface area contributed by atoms with Crippen LogP contribution in [-0.2, 0) is 4.79 Å². The van der Waals surface area contributed by atoms with Crippen LogP contribution in [0.25, 0.3) is 0 Å². The van der Waals surface area contributed by atoms with E-state index in [1.807, 2.05) is 22.6 Å². The molecule has 2 atom stereocenters. The Morgan fingerprint density at radius 1 is 1.48 bits per heavy atom. The van der Waals surface area contributed by atoms with Crippen molar-refractivity contribution in [1.29, 1.82) is 0 Å². The first-order valence-electron chi connectivity index (χ1n) is 6.10. The first-order valence-corrected chi connectivity index (χ1v) is 7.55. The van der Waals surface area contributed by atoms with E-state index in [9.17, 15) is 14.7 Å². The third-order valence-corrected chi connectivity index (χ3v) is 4.82. The van der Waals surface area contributed by atoms with Crippen LogP contribution < -0.4 is 4.74 Å². The molecule has 1 amide bonds. The number of aliphatic hydroxyl groups is 1. The fourth-order valence-electron chi connectivity index (χ4n) is 2.29. The lowest BCUT2D eigenvalue weighted by Crippen LogP contribution is -2.40. The molecule has 6 nitrogen and oxygen atoms in total. The number of ether oxygens (including phenoxy) is 1. The molecule has 0 saturated carbocycles. The molecule has 21 heavy (non-hydrogen) atoms. The maximum absolute atomic E-state index is 12.6. The Hall–Kier alpha value is -1.06. The number of β-amino-alcohol motifs (C(OH)–C–C–N with tert-alkyl or cyclic N) is 1. The number of hydrogen-bond donors (Lipinski definition) is 2. The number of carbonyl (C=O) groups is 2. The predicted molar refractivity (Wildman–Crippen MR) is 83.8 cm³/mol. The van der Waals surface area contributed by atoms with Crippen molar-refractivity contribution >= 4 is 46.1 Å². The molecule has 0 bridgehead atoms. The summed E-state index contributed by atoms with van der Waals surface area (Å²) in [5, 5.41) is 19.2. The maximum Gasteiger partial charge on any atom is 0.326 e. The maximum atomic E-state index is 12.6. The fraction of sp³-hybridized carbons (Fsp3) is 0.385. The van der Waals surface area contributed by atoms with Crippen LogP contribution in [0, 0.1) is 3.57 Å². The summed E-state index contributed by atoms with van der Waals surface area (Å²) in [4.78, 5) is 24.9. The second kappa shape index (κ2) is 6.37. The second-order valence-electron chi connectivity index (χ2n) is 4.67. The molecule has 0 radical (unpaired) electrons. The van der Waals surface area contributed by atoms with Crippen molar-refractivity contribution in [3.63, 3.8) is 0 Å². The molecule has 2 rings (SSSR count). The lowest BCUT2D eigenvalue weighted by Gasteiger charge is -2.22. The average Bonchev–Trinajstić information content (AvgIpc) is 2.82. The van der Waals surface area contributed by atoms with E-state index in [4.69, 9.17) is 21.4 Å². The van der Waals surface area contributed by atoms with Crippen molar-refractivity contribution in [2.24, 2.45) is 0 Å². The van der Waals surface area contributed by atoms with E-state index in [1.54, 1.807) is 6.07 Å². The van der Waals surface area contributed by atoms with Gasteiger partial charge in [0.1, 0.15) is 11.8 Å². The highest BCUT2D eigenvalue weighted by molar-refractivity contribution is 14.1. The minimum Gasteiger partial charge on any atom is -0.496 e.